The topological polar surface area (TPSA) is 37.4 Å². The molecule has 0 saturated carbocycles. The highest BCUT2D eigenvalue weighted by Crippen LogP contribution is 2.28. The highest BCUT2D eigenvalue weighted by Gasteiger charge is 2.34. The molecule has 1 amide bonds. The van der Waals surface area contributed by atoms with Gasteiger partial charge in [-0.3, -0.25) is 9.59 Å². The molecule has 1 aromatic rings. The molecule has 0 spiro atoms. The minimum Gasteiger partial charge on any atom is -0.312 e. The molecule has 3 heteroatoms. The maximum Gasteiger partial charge on any atom is 0.237 e. The molecule has 0 bridgehead atoms. The Morgan fingerprint density at radius 3 is 2.74 bits per heavy atom. The number of amides is 1. The lowest BCUT2D eigenvalue weighted by atomic mass is 9.91. The molecule has 1 saturated heterocycles. The van der Waals surface area contributed by atoms with E-state index in [-0.39, 0.29) is 11.7 Å². The third-order valence-electron chi connectivity index (χ3n) is 3.82. The third kappa shape index (κ3) is 2.70. The second-order valence-electron chi connectivity index (χ2n) is 5.29. The second kappa shape index (κ2) is 5.55. The van der Waals surface area contributed by atoms with E-state index in [0.29, 0.717) is 12.8 Å². The van der Waals surface area contributed by atoms with E-state index in [1.165, 1.54) is 5.56 Å². The number of nitrogens with zero attached hydrogens (tertiary/aromatic N) is 1. The van der Waals surface area contributed by atoms with Crippen LogP contribution >= 0.6 is 0 Å². The standard InChI is InChI=1S/C16H21NO2/c1-4-15(18)13-6-5-9-17(16(13)19)14-8-7-11(2)10-12(14)3/h7-8,10,13H,4-6,9H2,1-3H3/t13-/m1/s1. The zero-order valence-electron chi connectivity index (χ0n) is 11.9. The molecule has 0 N–H and O–H groups in total. The van der Waals surface area contributed by atoms with Gasteiger partial charge >= 0.3 is 0 Å². The highest BCUT2D eigenvalue weighted by molar-refractivity contribution is 6.09. The van der Waals surface area contributed by atoms with Gasteiger partial charge in [0.1, 0.15) is 5.78 Å². The van der Waals surface area contributed by atoms with Gasteiger partial charge in [-0.25, -0.2) is 0 Å². The molecule has 102 valence electrons. The zero-order valence-corrected chi connectivity index (χ0v) is 11.9. The Kier molecular flexibility index (Phi) is 4.03. The smallest absolute Gasteiger partial charge is 0.237 e. The van der Waals surface area contributed by atoms with Gasteiger partial charge in [-0.1, -0.05) is 24.6 Å². The summed E-state index contributed by atoms with van der Waals surface area (Å²) in [5, 5.41) is 0. The Morgan fingerprint density at radius 2 is 2.11 bits per heavy atom. The summed E-state index contributed by atoms with van der Waals surface area (Å²) in [6, 6.07) is 6.08. The van der Waals surface area contributed by atoms with Gasteiger partial charge < -0.3 is 4.90 Å². The average molecular weight is 259 g/mol. The van der Waals surface area contributed by atoms with Gasteiger partial charge in [0.25, 0.3) is 0 Å². The monoisotopic (exact) mass is 259 g/mol. The van der Waals surface area contributed by atoms with Gasteiger partial charge in [-0.15, -0.1) is 0 Å². The lowest BCUT2D eigenvalue weighted by molar-refractivity contribution is -0.133. The minimum atomic E-state index is -0.431. The summed E-state index contributed by atoms with van der Waals surface area (Å²) in [4.78, 5) is 26.1. The van der Waals surface area contributed by atoms with Crippen LogP contribution in [0.5, 0.6) is 0 Å². The first-order chi connectivity index (χ1) is 9.04. The van der Waals surface area contributed by atoms with Crippen molar-refractivity contribution >= 4 is 17.4 Å². The molecule has 3 nitrogen and oxygen atoms in total. The lowest BCUT2D eigenvalue weighted by Crippen LogP contribution is -2.44. The first-order valence-electron chi connectivity index (χ1n) is 6.96. The molecule has 1 aromatic carbocycles. The van der Waals surface area contributed by atoms with Crippen LogP contribution in [0.15, 0.2) is 18.2 Å². The van der Waals surface area contributed by atoms with E-state index in [2.05, 4.69) is 6.07 Å². The van der Waals surface area contributed by atoms with Crippen LogP contribution in [0.2, 0.25) is 0 Å². The first-order valence-corrected chi connectivity index (χ1v) is 6.96. The Bertz CT molecular complexity index is 507. The Morgan fingerprint density at radius 1 is 1.37 bits per heavy atom. The SMILES string of the molecule is CCC(=O)[C@H]1CCCN(c2ccc(C)cc2C)C1=O. The molecule has 0 aliphatic carbocycles. The Hall–Kier alpha value is -1.64. The van der Waals surface area contributed by atoms with Crippen molar-refractivity contribution in [2.24, 2.45) is 5.92 Å². The van der Waals surface area contributed by atoms with Crippen LogP contribution in [0, 0.1) is 19.8 Å². The van der Waals surface area contributed by atoms with Crippen molar-refractivity contribution in [3.8, 4) is 0 Å². The predicted molar refractivity (Wildman–Crippen MR) is 76.3 cm³/mol. The molecule has 1 heterocycles. The summed E-state index contributed by atoms with van der Waals surface area (Å²) in [6.07, 6.45) is 2.04. The number of benzene rings is 1. The molecule has 2 rings (SSSR count). The van der Waals surface area contributed by atoms with Crippen molar-refractivity contribution in [2.45, 2.75) is 40.0 Å². The molecule has 0 aromatic heterocycles. The van der Waals surface area contributed by atoms with Crippen LogP contribution in [0.4, 0.5) is 5.69 Å². The molecule has 1 aliphatic rings. The fraction of sp³-hybridized carbons (Fsp3) is 0.500. The first kappa shape index (κ1) is 13.8. The number of rotatable bonds is 3. The number of hydrogen-bond acceptors (Lipinski definition) is 2. The maximum atomic E-state index is 12.5. The molecule has 1 aliphatic heterocycles. The number of ketones is 1. The molecule has 0 radical (unpaired) electrons. The van der Waals surface area contributed by atoms with Gasteiger partial charge in [0, 0.05) is 18.7 Å². The van der Waals surface area contributed by atoms with E-state index in [4.69, 9.17) is 0 Å². The largest absolute Gasteiger partial charge is 0.312 e. The van der Waals surface area contributed by atoms with Crippen molar-refractivity contribution in [1.29, 1.82) is 0 Å². The summed E-state index contributed by atoms with van der Waals surface area (Å²) in [5.74, 6) is -0.385. The van der Waals surface area contributed by atoms with Crippen LogP contribution in [0.1, 0.15) is 37.3 Å². The number of anilines is 1. The zero-order chi connectivity index (χ0) is 14.0. The summed E-state index contributed by atoms with van der Waals surface area (Å²) >= 11 is 0. The molecule has 19 heavy (non-hydrogen) atoms. The van der Waals surface area contributed by atoms with Crippen molar-refractivity contribution in [2.75, 3.05) is 11.4 Å². The van der Waals surface area contributed by atoms with Gasteiger partial charge in [0.05, 0.1) is 5.92 Å². The Labute approximate surface area is 114 Å². The van der Waals surface area contributed by atoms with Gasteiger partial charge in [0.15, 0.2) is 0 Å². The number of aryl methyl sites for hydroxylation is 2. The highest BCUT2D eigenvalue weighted by atomic mass is 16.2. The van der Waals surface area contributed by atoms with E-state index >= 15 is 0 Å². The van der Waals surface area contributed by atoms with E-state index < -0.39 is 5.92 Å². The van der Waals surface area contributed by atoms with Crippen LogP contribution in [0.25, 0.3) is 0 Å². The van der Waals surface area contributed by atoms with E-state index in [1.54, 1.807) is 4.90 Å². The average Bonchev–Trinajstić information content (AvgIpc) is 2.39. The number of piperidine rings is 1. The van der Waals surface area contributed by atoms with Crippen LogP contribution in [-0.4, -0.2) is 18.2 Å². The fourth-order valence-electron chi connectivity index (χ4n) is 2.77. The Balaban J connectivity index is 2.29. The van der Waals surface area contributed by atoms with Gasteiger partial charge in [-0.2, -0.15) is 0 Å². The minimum absolute atomic E-state index is 0.0231. The quantitative estimate of drug-likeness (QED) is 0.782. The summed E-state index contributed by atoms with van der Waals surface area (Å²) in [6.45, 7) is 6.60. The van der Waals surface area contributed by atoms with Crippen molar-refractivity contribution < 1.29 is 9.59 Å². The number of hydrogen-bond donors (Lipinski definition) is 0. The van der Waals surface area contributed by atoms with Crippen molar-refractivity contribution in [3.63, 3.8) is 0 Å². The molecular weight excluding hydrogens is 238 g/mol. The lowest BCUT2D eigenvalue weighted by Gasteiger charge is -2.32. The number of carbonyl (C=O) groups is 2. The van der Waals surface area contributed by atoms with Crippen LogP contribution in [-0.2, 0) is 9.59 Å². The van der Waals surface area contributed by atoms with E-state index in [9.17, 15) is 9.59 Å². The van der Waals surface area contributed by atoms with Crippen molar-refractivity contribution in [3.05, 3.63) is 29.3 Å². The van der Waals surface area contributed by atoms with Crippen molar-refractivity contribution in [1.82, 2.24) is 0 Å². The second-order valence-corrected chi connectivity index (χ2v) is 5.29. The molecule has 1 atom stereocenters. The number of carbonyl (C=O) groups excluding carboxylic acids is 2. The number of Topliss-reactive ketones (excluding diaryl/α,β-unsaturated/α-hetero) is 1. The van der Waals surface area contributed by atoms with Crippen LogP contribution in [0.3, 0.4) is 0 Å². The van der Waals surface area contributed by atoms with Crippen LogP contribution < -0.4 is 4.90 Å². The maximum absolute atomic E-state index is 12.5. The molecular formula is C16H21NO2. The fourth-order valence-corrected chi connectivity index (χ4v) is 2.77. The molecule has 1 fully saturated rings. The normalized spacial score (nSPS) is 19.6. The summed E-state index contributed by atoms with van der Waals surface area (Å²) < 4.78 is 0. The predicted octanol–water partition coefficient (Wildman–Crippen LogP) is 3.03. The molecule has 0 unspecified atom stereocenters. The van der Waals surface area contributed by atoms with Gasteiger partial charge in [0.2, 0.25) is 5.91 Å². The summed E-state index contributed by atoms with van der Waals surface area (Å²) in [5.41, 5.74) is 3.23. The third-order valence-corrected chi connectivity index (χ3v) is 3.82. The van der Waals surface area contributed by atoms with Gasteiger partial charge in [-0.05, 0) is 38.3 Å². The van der Waals surface area contributed by atoms with E-state index in [1.807, 2.05) is 32.9 Å². The van der Waals surface area contributed by atoms with E-state index in [0.717, 1.165) is 24.2 Å². The summed E-state index contributed by atoms with van der Waals surface area (Å²) in [7, 11) is 0.